The van der Waals surface area contributed by atoms with Gasteiger partial charge < -0.3 is 14.9 Å². The van der Waals surface area contributed by atoms with Crippen LogP contribution in [0.1, 0.15) is 18.1 Å². The minimum atomic E-state index is -0.820. The van der Waals surface area contributed by atoms with Crippen LogP contribution in [-0.4, -0.2) is 47.0 Å². The quantitative estimate of drug-likeness (QED) is 0.928. The number of carbonyl (C=O) groups is 2. The topological polar surface area (TPSA) is 60.9 Å². The van der Waals surface area contributed by atoms with Gasteiger partial charge in [0.2, 0.25) is 0 Å². The molecule has 1 fully saturated rings. The first kappa shape index (κ1) is 15.4. The lowest BCUT2D eigenvalue weighted by Gasteiger charge is -2.25. The first-order chi connectivity index (χ1) is 9.90. The number of aliphatic carboxylic acids is 1. The fourth-order valence-electron chi connectivity index (χ4n) is 2.80. The summed E-state index contributed by atoms with van der Waals surface area (Å²) in [5.74, 6) is -1.28. The van der Waals surface area contributed by atoms with Gasteiger partial charge in [0.1, 0.15) is 0 Å². The van der Waals surface area contributed by atoms with Gasteiger partial charge in [-0.15, -0.1) is 0 Å². The molecule has 0 bridgehead atoms. The van der Waals surface area contributed by atoms with Crippen LogP contribution in [0, 0.1) is 18.8 Å². The van der Waals surface area contributed by atoms with Crippen molar-refractivity contribution in [1.82, 2.24) is 9.80 Å². The minimum absolute atomic E-state index is 0.00156. The summed E-state index contributed by atoms with van der Waals surface area (Å²) in [6.07, 6.45) is 0. The molecule has 1 aromatic carbocycles. The van der Waals surface area contributed by atoms with Crippen molar-refractivity contribution in [2.75, 3.05) is 20.1 Å². The maximum atomic E-state index is 12.4. The average molecular weight is 290 g/mol. The van der Waals surface area contributed by atoms with Crippen LogP contribution in [0.2, 0.25) is 0 Å². The molecule has 21 heavy (non-hydrogen) atoms. The lowest BCUT2D eigenvalue weighted by molar-refractivity contribution is -0.142. The SMILES string of the molecule is Cc1ccccc1CN(C)C(=O)N1C[C@@H](C)[C@H](C(=O)O)C1. The Bertz CT molecular complexity index is 544. The van der Waals surface area contributed by atoms with Crippen LogP contribution < -0.4 is 0 Å². The van der Waals surface area contributed by atoms with Crippen molar-refractivity contribution in [3.05, 3.63) is 35.4 Å². The van der Waals surface area contributed by atoms with Crippen LogP contribution in [-0.2, 0) is 11.3 Å². The third kappa shape index (κ3) is 3.35. The molecule has 0 unspecified atom stereocenters. The van der Waals surface area contributed by atoms with E-state index in [-0.39, 0.29) is 11.9 Å². The Labute approximate surface area is 125 Å². The number of hydrogen-bond donors (Lipinski definition) is 1. The third-order valence-corrected chi connectivity index (χ3v) is 4.20. The van der Waals surface area contributed by atoms with Gasteiger partial charge in [0.05, 0.1) is 5.92 Å². The van der Waals surface area contributed by atoms with Gasteiger partial charge in [0.25, 0.3) is 0 Å². The largest absolute Gasteiger partial charge is 0.481 e. The van der Waals surface area contributed by atoms with E-state index in [2.05, 4.69) is 0 Å². The second-order valence-electron chi connectivity index (χ2n) is 5.89. The van der Waals surface area contributed by atoms with Gasteiger partial charge >= 0.3 is 12.0 Å². The van der Waals surface area contributed by atoms with E-state index in [4.69, 9.17) is 5.11 Å². The Kier molecular flexibility index (Phi) is 4.50. The molecule has 2 rings (SSSR count). The molecule has 5 nitrogen and oxygen atoms in total. The third-order valence-electron chi connectivity index (χ3n) is 4.20. The fraction of sp³-hybridized carbons (Fsp3) is 0.500. The van der Waals surface area contributed by atoms with Crippen molar-refractivity contribution in [1.29, 1.82) is 0 Å². The standard InChI is InChI=1S/C16H22N2O3/c1-11-6-4-5-7-13(11)9-17(3)16(21)18-8-12(2)14(10-18)15(19)20/h4-7,12,14H,8-10H2,1-3H3,(H,19,20)/t12-,14-/m1/s1. The predicted molar refractivity (Wildman–Crippen MR) is 79.9 cm³/mol. The van der Waals surface area contributed by atoms with Crippen LogP contribution in [0.3, 0.4) is 0 Å². The number of aryl methyl sites for hydroxylation is 1. The molecule has 1 aromatic rings. The lowest BCUT2D eigenvalue weighted by Crippen LogP contribution is -2.40. The maximum Gasteiger partial charge on any atom is 0.320 e. The molecule has 5 heteroatoms. The monoisotopic (exact) mass is 290 g/mol. The molecule has 0 spiro atoms. The molecule has 0 aromatic heterocycles. The van der Waals surface area contributed by atoms with Crippen LogP contribution >= 0.6 is 0 Å². The maximum absolute atomic E-state index is 12.4. The summed E-state index contributed by atoms with van der Waals surface area (Å²) in [4.78, 5) is 26.9. The molecule has 1 aliphatic heterocycles. The Hall–Kier alpha value is -2.04. The summed E-state index contributed by atoms with van der Waals surface area (Å²) < 4.78 is 0. The number of nitrogens with zero attached hydrogens (tertiary/aromatic N) is 2. The average Bonchev–Trinajstić information content (AvgIpc) is 2.82. The number of carbonyl (C=O) groups excluding carboxylic acids is 1. The summed E-state index contributed by atoms with van der Waals surface area (Å²) in [7, 11) is 1.76. The number of benzene rings is 1. The van der Waals surface area contributed by atoms with Crippen LogP contribution in [0.4, 0.5) is 4.79 Å². The number of carboxylic acid groups (broad SMARTS) is 1. The highest BCUT2D eigenvalue weighted by Crippen LogP contribution is 2.24. The molecule has 1 aliphatic rings. The zero-order valence-electron chi connectivity index (χ0n) is 12.7. The normalized spacial score (nSPS) is 21.4. The van der Waals surface area contributed by atoms with Gasteiger partial charge in [0.15, 0.2) is 0 Å². The van der Waals surface area contributed by atoms with Crippen molar-refractivity contribution in [2.45, 2.75) is 20.4 Å². The lowest BCUT2D eigenvalue weighted by atomic mass is 9.99. The summed E-state index contributed by atoms with van der Waals surface area (Å²) in [5.41, 5.74) is 2.26. The second kappa shape index (κ2) is 6.16. The fourth-order valence-corrected chi connectivity index (χ4v) is 2.80. The van der Waals surface area contributed by atoms with Crippen LogP contribution in [0.5, 0.6) is 0 Å². The van der Waals surface area contributed by atoms with Gasteiger partial charge in [-0.3, -0.25) is 4.79 Å². The molecule has 114 valence electrons. The molecular formula is C16H22N2O3. The highest BCUT2D eigenvalue weighted by atomic mass is 16.4. The van der Waals surface area contributed by atoms with Gasteiger partial charge in [-0.1, -0.05) is 31.2 Å². The zero-order valence-corrected chi connectivity index (χ0v) is 12.7. The Morgan fingerprint density at radius 3 is 2.57 bits per heavy atom. The smallest absolute Gasteiger partial charge is 0.320 e. The Morgan fingerprint density at radius 2 is 2.00 bits per heavy atom. The molecule has 2 amide bonds. The van der Waals surface area contributed by atoms with Crippen molar-refractivity contribution in [3.63, 3.8) is 0 Å². The van der Waals surface area contributed by atoms with Crippen LogP contribution in [0.15, 0.2) is 24.3 Å². The van der Waals surface area contributed by atoms with Gasteiger partial charge in [0, 0.05) is 26.7 Å². The van der Waals surface area contributed by atoms with Crippen molar-refractivity contribution >= 4 is 12.0 Å². The molecule has 2 atom stereocenters. The van der Waals surface area contributed by atoms with E-state index in [1.807, 2.05) is 38.1 Å². The minimum Gasteiger partial charge on any atom is -0.481 e. The molecule has 0 saturated carbocycles. The highest BCUT2D eigenvalue weighted by Gasteiger charge is 2.37. The number of hydrogen-bond acceptors (Lipinski definition) is 2. The summed E-state index contributed by atoms with van der Waals surface area (Å²) in [5, 5.41) is 9.14. The highest BCUT2D eigenvalue weighted by molar-refractivity contribution is 5.77. The summed E-state index contributed by atoms with van der Waals surface area (Å²) in [6.45, 7) is 5.24. The second-order valence-corrected chi connectivity index (χ2v) is 5.89. The van der Waals surface area contributed by atoms with E-state index < -0.39 is 11.9 Å². The van der Waals surface area contributed by atoms with E-state index in [9.17, 15) is 9.59 Å². The molecular weight excluding hydrogens is 268 g/mol. The molecule has 1 heterocycles. The van der Waals surface area contributed by atoms with E-state index in [1.54, 1.807) is 16.8 Å². The van der Waals surface area contributed by atoms with E-state index in [0.29, 0.717) is 19.6 Å². The van der Waals surface area contributed by atoms with Crippen molar-refractivity contribution in [3.8, 4) is 0 Å². The summed E-state index contributed by atoms with van der Waals surface area (Å²) in [6, 6.07) is 7.85. The molecule has 1 N–H and O–H groups in total. The number of amides is 2. The Balaban J connectivity index is 2.01. The Morgan fingerprint density at radius 1 is 1.33 bits per heavy atom. The van der Waals surface area contributed by atoms with E-state index >= 15 is 0 Å². The first-order valence-corrected chi connectivity index (χ1v) is 7.17. The number of likely N-dealkylation sites (tertiary alicyclic amines) is 1. The number of carboxylic acids is 1. The van der Waals surface area contributed by atoms with Crippen molar-refractivity contribution < 1.29 is 14.7 Å². The zero-order chi connectivity index (χ0) is 15.6. The predicted octanol–water partition coefficient (Wildman–Crippen LogP) is 2.20. The first-order valence-electron chi connectivity index (χ1n) is 7.17. The molecule has 0 radical (unpaired) electrons. The number of rotatable bonds is 3. The van der Waals surface area contributed by atoms with Crippen LogP contribution in [0.25, 0.3) is 0 Å². The van der Waals surface area contributed by atoms with Gasteiger partial charge in [-0.25, -0.2) is 4.79 Å². The molecule has 0 aliphatic carbocycles. The van der Waals surface area contributed by atoms with Crippen molar-refractivity contribution in [2.24, 2.45) is 11.8 Å². The van der Waals surface area contributed by atoms with E-state index in [0.717, 1.165) is 11.1 Å². The summed E-state index contributed by atoms with van der Waals surface area (Å²) >= 11 is 0. The van der Waals surface area contributed by atoms with Gasteiger partial charge in [-0.05, 0) is 24.0 Å². The number of urea groups is 1. The van der Waals surface area contributed by atoms with E-state index in [1.165, 1.54) is 0 Å². The molecule has 1 saturated heterocycles. The van der Waals surface area contributed by atoms with Gasteiger partial charge in [-0.2, -0.15) is 0 Å².